The first-order valence-electron chi connectivity index (χ1n) is 7.52. The lowest BCUT2D eigenvalue weighted by molar-refractivity contribution is -0.144. The van der Waals surface area contributed by atoms with Crippen molar-refractivity contribution in [2.24, 2.45) is 5.92 Å². The van der Waals surface area contributed by atoms with E-state index in [1.54, 1.807) is 6.92 Å². The zero-order valence-corrected chi connectivity index (χ0v) is 12.0. The molecule has 0 bridgehead atoms. The number of esters is 1. The molecule has 1 fully saturated rings. The van der Waals surface area contributed by atoms with Crippen molar-refractivity contribution in [3.8, 4) is 0 Å². The second-order valence-electron chi connectivity index (χ2n) is 5.39. The molecule has 0 aromatic carbocycles. The summed E-state index contributed by atoms with van der Waals surface area (Å²) in [5.41, 5.74) is 0. The van der Waals surface area contributed by atoms with E-state index in [9.17, 15) is 9.59 Å². The lowest BCUT2D eigenvalue weighted by Gasteiger charge is -2.07. The highest BCUT2D eigenvalue weighted by Crippen LogP contribution is 2.21. The smallest absolute Gasteiger partial charge is 0.317 e. The number of allylic oxidation sites excluding steroid dienone is 1. The fourth-order valence-electron chi connectivity index (χ4n) is 2.40. The minimum Gasteiger partial charge on any atom is -0.454 e. The van der Waals surface area contributed by atoms with Crippen LogP contribution in [0.4, 0.5) is 0 Å². The highest BCUT2D eigenvalue weighted by Gasteiger charge is 2.39. The van der Waals surface area contributed by atoms with Gasteiger partial charge in [0.2, 0.25) is 0 Å². The molecule has 1 heterocycles. The van der Waals surface area contributed by atoms with E-state index in [-0.39, 0.29) is 11.8 Å². The monoisotopic (exact) mass is 266 g/mol. The number of hydrogen-bond acceptors (Lipinski definition) is 3. The Balaban J connectivity index is 1.95. The van der Waals surface area contributed by atoms with Gasteiger partial charge in [0.25, 0.3) is 0 Å². The van der Waals surface area contributed by atoms with Crippen molar-refractivity contribution in [3.63, 3.8) is 0 Å². The van der Waals surface area contributed by atoms with Gasteiger partial charge in [-0.05, 0) is 32.6 Å². The molecule has 0 radical (unpaired) electrons. The van der Waals surface area contributed by atoms with Gasteiger partial charge in [-0.1, -0.05) is 38.2 Å². The van der Waals surface area contributed by atoms with Crippen LogP contribution in [0.1, 0.15) is 64.7 Å². The quantitative estimate of drug-likeness (QED) is 0.261. The molecule has 1 aliphatic heterocycles. The highest BCUT2D eigenvalue weighted by atomic mass is 16.6. The van der Waals surface area contributed by atoms with E-state index >= 15 is 0 Å². The number of hydrogen-bond donors (Lipinski definition) is 0. The Morgan fingerprint density at radius 3 is 2.16 bits per heavy atom. The Kier molecular flexibility index (Phi) is 7.46. The Bertz CT molecular complexity index is 309. The molecule has 0 aliphatic carbocycles. The predicted molar refractivity (Wildman–Crippen MR) is 75.8 cm³/mol. The zero-order valence-electron chi connectivity index (χ0n) is 12.0. The first-order valence-corrected chi connectivity index (χ1v) is 7.52. The molecule has 3 heteroatoms. The Hall–Kier alpha value is -1.12. The number of carbonyl (C=O) groups excluding carboxylic acids is 2. The molecule has 0 aromatic heterocycles. The second kappa shape index (κ2) is 8.89. The number of unbranched alkanes of at least 4 members (excludes halogenated alkanes) is 7. The van der Waals surface area contributed by atoms with Crippen molar-refractivity contribution in [2.45, 2.75) is 70.8 Å². The summed E-state index contributed by atoms with van der Waals surface area (Å²) in [6.07, 6.45) is 11.7. The van der Waals surface area contributed by atoms with Gasteiger partial charge >= 0.3 is 5.97 Å². The van der Waals surface area contributed by atoms with Gasteiger partial charge in [-0.15, -0.1) is 6.58 Å². The molecule has 1 saturated heterocycles. The zero-order chi connectivity index (χ0) is 14.1. The third-order valence-corrected chi connectivity index (χ3v) is 3.73. The molecule has 1 aliphatic rings. The van der Waals surface area contributed by atoms with Gasteiger partial charge in [-0.25, -0.2) is 0 Å². The summed E-state index contributed by atoms with van der Waals surface area (Å²) >= 11 is 0. The van der Waals surface area contributed by atoms with E-state index in [0.717, 1.165) is 19.3 Å². The molecule has 2 atom stereocenters. The fraction of sp³-hybridized carbons (Fsp3) is 0.750. The SMILES string of the molecule is C=CCCCCCCCCCC1OC(=O)C(C)C1=O. The molecule has 0 spiro atoms. The molecular weight excluding hydrogens is 240 g/mol. The Morgan fingerprint density at radius 2 is 1.63 bits per heavy atom. The van der Waals surface area contributed by atoms with Crippen molar-refractivity contribution < 1.29 is 14.3 Å². The fourth-order valence-corrected chi connectivity index (χ4v) is 2.40. The predicted octanol–water partition coefficient (Wildman–Crippen LogP) is 3.81. The highest BCUT2D eigenvalue weighted by molar-refractivity contribution is 6.06. The van der Waals surface area contributed by atoms with Crippen molar-refractivity contribution in [2.75, 3.05) is 0 Å². The topological polar surface area (TPSA) is 43.4 Å². The summed E-state index contributed by atoms with van der Waals surface area (Å²) in [6, 6.07) is 0. The average Bonchev–Trinajstić information content (AvgIpc) is 2.64. The summed E-state index contributed by atoms with van der Waals surface area (Å²) in [6.45, 7) is 5.34. The molecule has 3 nitrogen and oxygen atoms in total. The van der Waals surface area contributed by atoms with Crippen LogP contribution in [0.3, 0.4) is 0 Å². The Morgan fingerprint density at radius 1 is 1.05 bits per heavy atom. The van der Waals surface area contributed by atoms with Crippen molar-refractivity contribution in [1.29, 1.82) is 0 Å². The molecule has 0 aromatic rings. The maximum absolute atomic E-state index is 11.6. The van der Waals surface area contributed by atoms with E-state index in [1.165, 1.54) is 32.1 Å². The molecule has 2 unspecified atom stereocenters. The normalized spacial score (nSPS) is 22.6. The van der Waals surface area contributed by atoms with Gasteiger partial charge in [0, 0.05) is 0 Å². The maximum Gasteiger partial charge on any atom is 0.317 e. The molecule has 0 amide bonds. The summed E-state index contributed by atoms with van der Waals surface area (Å²) in [7, 11) is 0. The minimum atomic E-state index is -0.546. The van der Waals surface area contributed by atoms with Crippen LogP contribution in [-0.4, -0.2) is 17.9 Å². The van der Waals surface area contributed by atoms with Gasteiger partial charge < -0.3 is 4.74 Å². The van der Waals surface area contributed by atoms with E-state index in [0.29, 0.717) is 6.42 Å². The largest absolute Gasteiger partial charge is 0.454 e. The van der Waals surface area contributed by atoms with E-state index < -0.39 is 12.0 Å². The number of cyclic esters (lactones) is 1. The molecule has 0 N–H and O–H groups in total. The minimum absolute atomic E-state index is 0.0329. The van der Waals surface area contributed by atoms with Crippen LogP contribution >= 0.6 is 0 Å². The van der Waals surface area contributed by atoms with Crippen LogP contribution in [0.25, 0.3) is 0 Å². The molecule has 1 rings (SSSR count). The van der Waals surface area contributed by atoms with Gasteiger partial charge in [0.15, 0.2) is 11.9 Å². The molecular formula is C16H26O3. The third-order valence-electron chi connectivity index (χ3n) is 3.73. The number of carbonyl (C=O) groups is 2. The van der Waals surface area contributed by atoms with Crippen LogP contribution in [0.15, 0.2) is 12.7 Å². The number of ether oxygens (including phenoxy) is 1. The third kappa shape index (κ3) is 5.58. The first kappa shape index (κ1) is 15.9. The van der Waals surface area contributed by atoms with Gasteiger partial charge in [0.1, 0.15) is 5.92 Å². The van der Waals surface area contributed by atoms with Gasteiger partial charge in [-0.2, -0.15) is 0 Å². The summed E-state index contributed by atoms with van der Waals surface area (Å²) < 4.78 is 5.06. The number of ketones is 1. The standard InChI is InChI=1S/C16H26O3/c1-3-4-5-6-7-8-9-10-11-12-14-15(17)13(2)16(18)19-14/h3,13-14H,1,4-12H2,2H3. The van der Waals surface area contributed by atoms with Crippen LogP contribution in [-0.2, 0) is 14.3 Å². The van der Waals surface area contributed by atoms with Crippen LogP contribution < -0.4 is 0 Å². The van der Waals surface area contributed by atoms with Crippen molar-refractivity contribution >= 4 is 11.8 Å². The lowest BCUT2D eigenvalue weighted by atomic mass is 10.0. The molecule has 0 saturated carbocycles. The van der Waals surface area contributed by atoms with Gasteiger partial charge in [-0.3, -0.25) is 9.59 Å². The Labute approximate surface area is 116 Å². The molecule has 19 heavy (non-hydrogen) atoms. The summed E-state index contributed by atoms with van der Waals surface area (Å²) in [5, 5.41) is 0. The first-order chi connectivity index (χ1) is 9.16. The molecule has 108 valence electrons. The van der Waals surface area contributed by atoms with E-state index in [2.05, 4.69) is 6.58 Å². The van der Waals surface area contributed by atoms with E-state index in [1.807, 2.05) is 6.08 Å². The average molecular weight is 266 g/mol. The second-order valence-corrected chi connectivity index (χ2v) is 5.39. The van der Waals surface area contributed by atoms with Crippen LogP contribution in [0.5, 0.6) is 0 Å². The van der Waals surface area contributed by atoms with Crippen molar-refractivity contribution in [3.05, 3.63) is 12.7 Å². The van der Waals surface area contributed by atoms with Crippen LogP contribution in [0.2, 0.25) is 0 Å². The van der Waals surface area contributed by atoms with Gasteiger partial charge in [0.05, 0.1) is 0 Å². The maximum atomic E-state index is 11.6. The summed E-state index contributed by atoms with van der Waals surface area (Å²) in [4.78, 5) is 22.8. The number of rotatable bonds is 10. The summed E-state index contributed by atoms with van der Waals surface area (Å²) in [5.74, 6) is -0.929. The van der Waals surface area contributed by atoms with Crippen molar-refractivity contribution in [1.82, 2.24) is 0 Å². The lowest BCUT2D eigenvalue weighted by Crippen LogP contribution is -2.18. The van der Waals surface area contributed by atoms with E-state index in [4.69, 9.17) is 4.74 Å². The van der Waals surface area contributed by atoms with Crippen LogP contribution in [0, 0.1) is 5.92 Å². The number of Topliss-reactive ketones (excluding diaryl/α,β-unsaturated/α-hetero) is 1.